The van der Waals surface area contributed by atoms with Gasteiger partial charge in [0.15, 0.2) is 0 Å². The molecule has 2 bridgehead atoms. The average molecular weight is 352 g/mol. The van der Waals surface area contributed by atoms with E-state index >= 15 is 0 Å². The van der Waals surface area contributed by atoms with Gasteiger partial charge in [0.25, 0.3) is 0 Å². The molecule has 138 valence electrons. The first-order valence-electron chi connectivity index (χ1n) is 9.61. The van der Waals surface area contributed by atoms with Crippen molar-refractivity contribution in [2.75, 3.05) is 20.2 Å². The molecule has 1 aromatic carbocycles. The summed E-state index contributed by atoms with van der Waals surface area (Å²) >= 11 is 0. The molecule has 2 aromatic rings. The minimum Gasteiger partial charge on any atom is -0.496 e. The van der Waals surface area contributed by atoms with E-state index in [0.29, 0.717) is 0 Å². The van der Waals surface area contributed by atoms with Crippen molar-refractivity contribution in [3.8, 4) is 5.75 Å². The Morgan fingerprint density at radius 2 is 1.96 bits per heavy atom. The molecule has 2 aliphatic rings. The molecular formula is C22H28N2O2. The van der Waals surface area contributed by atoms with E-state index < -0.39 is 5.60 Å². The van der Waals surface area contributed by atoms with Crippen molar-refractivity contribution in [2.45, 2.75) is 38.3 Å². The largest absolute Gasteiger partial charge is 0.496 e. The molecule has 4 nitrogen and oxygen atoms in total. The van der Waals surface area contributed by atoms with Gasteiger partial charge in [0.1, 0.15) is 11.4 Å². The summed E-state index contributed by atoms with van der Waals surface area (Å²) in [6, 6.07) is 12.3. The summed E-state index contributed by atoms with van der Waals surface area (Å²) in [5, 5.41) is 11.6. The van der Waals surface area contributed by atoms with E-state index in [1.807, 2.05) is 18.2 Å². The summed E-state index contributed by atoms with van der Waals surface area (Å²) in [4.78, 5) is 7.01. The van der Waals surface area contributed by atoms with Crippen molar-refractivity contribution in [3.63, 3.8) is 0 Å². The fourth-order valence-corrected chi connectivity index (χ4v) is 4.96. The Balaban J connectivity index is 1.58. The third kappa shape index (κ3) is 3.01. The van der Waals surface area contributed by atoms with E-state index in [1.165, 1.54) is 17.5 Å². The third-order valence-electron chi connectivity index (χ3n) is 6.21. The number of nitrogens with zero attached hydrogens (tertiary/aromatic N) is 2. The zero-order valence-electron chi connectivity index (χ0n) is 15.7. The van der Waals surface area contributed by atoms with Gasteiger partial charge in [-0.1, -0.05) is 30.2 Å². The minimum atomic E-state index is -0.785. The van der Waals surface area contributed by atoms with Gasteiger partial charge in [-0.15, -0.1) is 0 Å². The van der Waals surface area contributed by atoms with Crippen LogP contribution in [0, 0.1) is 18.8 Å². The van der Waals surface area contributed by atoms with Crippen LogP contribution in [0.25, 0.3) is 0 Å². The van der Waals surface area contributed by atoms with Gasteiger partial charge in [-0.2, -0.15) is 0 Å². The van der Waals surface area contributed by atoms with E-state index in [2.05, 4.69) is 35.0 Å². The highest BCUT2D eigenvalue weighted by Crippen LogP contribution is 2.48. The Morgan fingerprint density at radius 1 is 1.19 bits per heavy atom. The molecule has 1 aliphatic carbocycles. The molecule has 2 unspecified atom stereocenters. The van der Waals surface area contributed by atoms with Crippen LogP contribution in [0.2, 0.25) is 0 Å². The van der Waals surface area contributed by atoms with Gasteiger partial charge >= 0.3 is 0 Å². The van der Waals surface area contributed by atoms with Gasteiger partial charge in [-0.3, -0.25) is 9.88 Å². The van der Waals surface area contributed by atoms with Crippen molar-refractivity contribution in [1.82, 2.24) is 9.88 Å². The number of aromatic nitrogens is 1. The maximum Gasteiger partial charge on any atom is 0.123 e. The second-order valence-corrected chi connectivity index (χ2v) is 7.87. The summed E-state index contributed by atoms with van der Waals surface area (Å²) in [5.41, 5.74) is 2.55. The van der Waals surface area contributed by atoms with Crippen LogP contribution in [0.5, 0.6) is 5.75 Å². The lowest BCUT2D eigenvalue weighted by molar-refractivity contribution is -0.151. The second-order valence-electron chi connectivity index (χ2n) is 7.87. The van der Waals surface area contributed by atoms with Crippen molar-refractivity contribution in [2.24, 2.45) is 11.8 Å². The van der Waals surface area contributed by atoms with Gasteiger partial charge < -0.3 is 9.84 Å². The van der Waals surface area contributed by atoms with Gasteiger partial charge in [0.05, 0.1) is 12.8 Å². The van der Waals surface area contributed by atoms with Crippen LogP contribution in [0.4, 0.5) is 0 Å². The number of hydrogen-bond donors (Lipinski definition) is 1. The summed E-state index contributed by atoms with van der Waals surface area (Å²) in [6.07, 6.45) is 5.12. The summed E-state index contributed by atoms with van der Waals surface area (Å²) in [5.74, 6) is 1.42. The van der Waals surface area contributed by atoms with E-state index in [1.54, 1.807) is 13.3 Å². The Hall–Kier alpha value is -1.91. The van der Waals surface area contributed by atoms with Gasteiger partial charge in [0, 0.05) is 43.2 Å². The van der Waals surface area contributed by atoms with Crippen LogP contribution in [0.1, 0.15) is 36.1 Å². The molecule has 0 spiro atoms. The number of benzene rings is 1. The quantitative estimate of drug-likeness (QED) is 0.914. The first-order valence-corrected chi connectivity index (χ1v) is 9.61. The summed E-state index contributed by atoms with van der Waals surface area (Å²) < 4.78 is 5.56. The lowest BCUT2D eigenvalue weighted by atomic mass is 9.64. The topological polar surface area (TPSA) is 45.6 Å². The van der Waals surface area contributed by atoms with E-state index in [9.17, 15) is 5.11 Å². The fraction of sp³-hybridized carbons (Fsp3) is 0.500. The van der Waals surface area contributed by atoms with Gasteiger partial charge in [0.2, 0.25) is 0 Å². The number of aryl methyl sites for hydroxylation is 1. The predicted molar refractivity (Wildman–Crippen MR) is 102 cm³/mol. The number of pyridine rings is 1. The maximum absolute atomic E-state index is 11.6. The highest BCUT2D eigenvalue weighted by Gasteiger charge is 2.52. The van der Waals surface area contributed by atoms with Crippen LogP contribution in [-0.2, 0) is 12.1 Å². The first kappa shape index (κ1) is 17.5. The fourth-order valence-electron chi connectivity index (χ4n) is 4.96. The monoisotopic (exact) mass is 352 g/mol. The number of likely N-dealkylation sites (tertiary alicyclic amines) is 1. The van der Waals surface area contributed by atoms with Crippen molar-refractivity contribution < 1.29 is 9.84 Å². The Kier molecular flexibility index (Phi) is 4.72. The van der Waals surface area contributed by atoms with Crippen LogP contribution in [-0.4, -0.2) is 35.2 Å². The zero-order valence-corrected chi connectivity index (χ0v) is 15.7. The SMILES string of the molecule is COc1ccc(C)cc1CN1CC2CCCC(C1)C2(O)c1ccccn1. The van der Waals surface area contributed by atoms with Crippen molar-refractivity contribution >= 4 is 0 Å². The van der Waals surface area contributed by atoms with Crippen molar-refractivity contribution in [3.05, 3.63) is 59.4 Å². The normalized spacial score (nSPS) is 28.7. The molecule has 1 saturated carbocycles. The molecule has 26 heavy (non-hydrogen) atoms. The third-order valence-corrected chi connectivity index (χ3v) is 6.21. The number of piperidine rings is 1. The number of rotatable bonds is 4. The molecule has 0 amide bonds. The van der Waals surface area contributed by atoms with Crippen LogP contribution in [0.15, 0.2) is 42.6 Å². The molecule has 1 saturated heterocycles. The number of fused-ring (bicyclic) bond motifs is 2. The molecule has 4 heteroatoms. The van der Waals surface area contributed by atoms with Crippen LogP contribution in [0.3, 0.4) is 0 Å². The van der Waals surface area contributed by atoms with Gasteiger partial charge in [-0.25, -0.2) is 0 Å². The predicted octanol–water partition coefficient (Wildman–Crippen LogP) is 3.52. The highest BCUT2D eigenvalue weighted by molar-refractivity contribution is 5.37. The Morgan fingerprint density at radius 3 is 2.62 bits per heavy atom. The molecule has 1 aromatic heterocycles. The summed E-state index contributed by atoms with van der Waals surface area (Å²) in [7, 11) is 1.74. The molecule has 1 aliphatic heterocycles. The Bertz CT molecular complexity index is 748. The van der Waals surface area contributed by atoms with E-state index in [-0.39, 0.29) is 11.8 Å². The molecule has 2 atom stereocenters. The minimum absolute atomic E-state index is 0.237. The zero-order chi connectivity index (χ0) is 18.1. The molecule has 4 rings (SSSR count). The summed E-state index contributed by atoms with van der Waals surface area (Å²) in [6.45, 7) is 4.80. The first-order chi connectivity index (χ1) is 12.6. The van der Waals surface area contributed by atoms with Crippen LogP contribution >= 0.6 is 0 Å². The van der Waals surface area contributed by atoms with E-state index in [0.717, 1.165) is 43.9 Å². The number of ether oxygens (including phenoxy) is 1. The van der Waals surface area contributed by atoms with E-state index in [4.69, 9.17) is 4.74 Å². The molecule has 2 fully saturated rings. The van der Waals surface area contributed by atoms with Crippen LogP contribution < -0.4 is 4.74 Å². The molecule has 0 radical (unpaired) electrons. The lowest BCUT2D eigenvalue weighted by Crippen LogP contribution is -2.58. The van der Waals surface area contributed by atoms with Crippen molar-refractivity contribution in [1.29, 1.82) is 0 Å². The molecule has 1 N–H and O–H groups in total. The Labute approximate surface area is 155 Å². The average Bonchev–Trinajstić information content (AvgIpc) is 2.63. The lowest BCUT2D eigenvalue weighted by Gasteiger charge is -2.52. The van der Waals surface area contributed by atoms with Gasteiger partial charge in [-0.05, 0) is 38.0 Å². The second kappa shape index (κ2) is 7.01. The standard InChI is InChI=1S/C22H28N2O2/c1-16-9-10-20(26-2)17(12-16)13-24-14-18-6-5-7-19(15-24)22(18,25)21-8-3-4-11-23-21/h3-4,8-12,18-19,25H,5-7,13-15H2,1-2H3. The number of hydrogen-bond acceptors (Lipinski definition) is 4. The molecular weight excluding hydrogens is 324 g/mol. The number of aliphatic hydroxyl groups is 1. The smallest absolute Gasteiger partial charge is 0.123 e. The highest BCUT2D eigenvalue weighted by atomic mass is 16.5. The molecule has 2 heterocycles. The maximum atomic E-state index is 11.6. The number of methoxy groups -OCH3 is 1.